The van der Waals surface area contributed by atoms with E-state index in [1.807, 2.05) is 11.8 Å². The van der Waals surface area contributed by atoms with Gasteiger partial charge < -0.3 is 15.8 Å². The van der Waals surface area contributed by atoms with Gasteiger partial charge in [0, 0.05) is 24.5 Å². The molecule has 1 amide bonds. The van der Waals surface area contributed by atoms with Crippen molar-refractivity contribution in [2.45, 2.75) is 49.8 Å². The van der Waals surface area contributed by atoms with E-state index in [-0.39, 0.29) is 10.7 Å². The summed E-state index contributed by atoms with van der Waals surface area (Å²) in [7, 11) is 0. The highest BCUT2D eigenvalue weighted by atomic mass is 32.2. The van der Waals surface area contributed by atoms with Crippen LogP contribution in [0, 0.1) is 0 Å². The van der Waals surface area contributed by atoms with E-state index in [0.29, 0.717) is 32.6 Å². The molecule has 0 aromatic carbocycles. The SMILES string of the molecule is CCC(CC)(CNC(=O)C1(N)CCOCC1)SC. The number of hydrogen-bond donors (Lipinski definition) is 2. The fraction of sp³-hybridized carbons (Fsp3) is 0.923. The van der Waals surface area contributed by atoms with E-state index in [4.69, 9.17) is 10.5 Å². The summed E-state index contributed by atoms with van der Waals surface area (Å²) in [5.41, 5.74) is 5.43. The molecule has 0 atom stereocenters. The van der Waals surface area contributed by atoms with Crippen LogP contribution in [0.2, 0.25) is 0 Å². The van der Waals surface area contributed by atoms with Crippen molar-refractivity contribution in [2.24, 2.45) is 5.73 Å². The molecule has 1 aliphatic heterocycles. The Labute approximate surface area is 114 Å². The summed E-state index contributed by atoms with van der Waals surface area (Å²) in [6, 6.07) is 0. The fourth-order valence-corrected chi connectivity index (χ4v) is 3.03. The molecular formula is C13H26N2O2S. The lowest BCUT2D eigenvalue weighted by molar-refractivity contribution is -0.129. The first-order chi connectivity index (χ1) is 8.52. The zero-order valence-electron chi connectivity index (χ0n) is 11.8. The van der Waals surface area contributed by atoms with Gasteiger partial charge in [-0.2, -0.15) is 11.8 Å². The van der Waals surface area contributed by atoms with Crippen LogP contribution in [0.1, 0.15) is 39.5 Å². The van der Waals surface area contributed by atoms with Gasteiger partial charge in [0.05, 0.1) is 5.54 Å². The molecule has 0 aromatic heterocycles. The average molecular weight is 274 g/mol. The Bertz CT molecular complexity index is 266. The number of carbonyl (C=O) groups excluding carboxylic acids is 1. The van der Waals surface area contributed by atoms with Gasteiger partial charge in [0.25, 0.3) is 0 Å². The summed E-state index contributed by atoms with van der Waals surface area (Å²) in [4.78, 5) is 12.2. The molecule has 1 heterocycles. The van der Waals surface area contributed by atoms with E-state index in [2.05, 4.69) is 25.4 Å². The Morgan fingerprint density at radius 1 is 1.39 bits per heavy atom. The Morgan fingerprint density at radius 3 is 2.39 bits per heavy atom. The largest absolute Gasteiger partial charge is 0.381 e. The first-order valence-electron chi connectivity index (χ1n) is 6.72. The smallest absolute Gasteiger partial charge is 0.240 e. The minimum Gasteiger partial charge on any atom is -0.381 e. The van der Waals surface area contributed by atoms with Crippen LogP contribution in [0.5, 0.6) is 0 Å². The molecular weight excluding hydrogens is 248 g/mol. The number of nitrogens with two attached hydrogens (primary N) is 1. The van der Waals surface area contributed by atoms with E-state index in [1.165, 1.54) is 0 Å². The molecule has 0 aromatic rings. The van der Waals surface area contributed by atoms with Crippen molar-refractivity contribution in [3.8, 4) is 0 Å². The Morgan fingerprint density at radius 2 is 1.94 bits per heavy atom. The molecule has 18 heavy (non-hydrogen) atoms. The first-order valence-corrected chi connectivity index (χ1v) is 7.94. The summed E-state index contributed by atoms with van der Waals surface area (Å²) in [5, 5.41) is 3.05. The predicted molar refractivity (Wildman–Crippen MR) is 76.8 cm³/mol. The molecule has 0 spiro atoms. The molecule has 0 saturated carbocycles. The van der Waals surface area contributed by atoms with E-state index < -0.39 is 5.54 Å². The van der Waals surface area contributed by atoms with Crippen molar-refractivity contribution in [1.29, 1.82) is 0 Å². The third-order valence-corrected chi connectivity index (χ3v) is 5.72. The lowest BCUT2D eigenvalue weighted by Gasteiger charge is -2.35. The van der Waals surface area contributed by atoms with Crippen molar-refractivity contribution in [3.05, 3.63) is 0 Å². The van der Waals surface area contributed by atoms with Crippen LogP contribution in [0.3, 0.4) is 0 Å². The summed E-state index contributed by atoms with van der Waals surface area (Å²) in [6.07, 6.45) is 5.43. The lowest BCUT2D eigenvalue weighted by atomic mass is 9.90. The van der Waals surface area contributed by atoms with Gasteiger partial charge in [-0.05, 0) is 31.9 Å². The summed E-state index contributed by atoms with van der Waals surface area (Å²) in [5.74, 6) is -0.0221. The number of carbonyl (C=O) groups is 1. The second-order valence-corrected chi connectivity index (χ2v) is 6.32. The number of thioether (sulfide) groups is 1. The Kier molecular flexibility index (Phi) is 5.95. The van der Waals surface area contributed by atoms with Crippen molar-refractivity contribution in [2.75, 3.05) is 26.0 Å². The van der Waals surface area contributed by atoms with Crippen LogP contribution in [0.15, 0.2) is 0 Å². The van der Waals surface area contributed by atoms with E-state index in [9.17, 15) is 4.79 Å². The van der Waals surface area contributed by atoms with Crippen LogP contribution in [-0.2, 0) is 9.53 Å². The van der Waals surface area contributed by atoms with Crippen molar-refractivity contribution in [3.63, 3.8) is 0 Å². The molecule has 1 rings (SSSR count). The molecule has 106 valence electrons. The molecule has 1 aliphatic rings. The zero-order chi connectivity index (χ0) is 13.6. The summed E-state index contributed by atoms with van der Waals surface area (Å²) >= 11 is 1.82. The van der Waals surface area contributed by atoms with Gasteiger partial charge in [0.2, 0.25) is 5.91 Å². The Hall–Kier alpha value is -0.260. The molecule has 1 saturated heterocycles. The summed E-state index contributed by atoms with van der Waals surface area (Å²) in [6.45, 7) is 6.19. The molecule has 1 fully saturated rings. The molecule has 0 unspecified atom stereocenters. The van der Waals surface area contributed by atoms with Crippen molar-refractivity contribution < 1.29 is 9.53 Å². The second kappa shape index (κ2) is 6.78. The zero-order valence-corrected chi connectivity index (χ0v) is 12.6. The number of nitrogens with one attached hydrogen (secondary N) is 1. The van der Waals surface area contributed by atoms with Crippen LogP contribution >= 0.6 is 11.8 Å². The molecule has 3 N–H and O–H groups in total. The molecule has 0 aliphatic carbocycles. The van der Waals surface area contributed by atoms with Gasteiger partial charge in [-0.25, -0.2) is 0 Å². The molecule has 0 radical (unpaired) electrons. The fourth-order valence-electron chi connectivity index (χ4n) is 2.24. The van der Waals surface area contributed by atoms with Gasteiger partial charge in [0.1, 0.15) is 0 Å². The van der Waals surface area contributed by atoms with Crippen LogP contribution in [0.25, 0.3) is 0 Å². The minimum atomic E-state index is -0.732. The number of rotatable bonds is 6. The van der Waals surface area contributed by atoms with Crippen molar-refractivity contribution in [1.82, 2.24) is 5.32 Å². The van der Waals surface area contributed by atoms with Gasteiger partial charge >= 0.3 is 0 Å². The molecule has 4 nitrogen and oxygen atoms in total. The van der Waals surface area contributed by atoms with Crippen molar-refractivity contribution >= 4 is 17.7 Å². The quantitative estimate of drug-likeness (QED) is 0.771. The van der Waals surface area contributed by atoms with Gasteiger partial charge in [-0.15, -0.1) is 0 Å². The third-order valence-electron chi connectivity index (χ3n) is 4.13. The standard InChI is InChI=1S/C13H26N2O2S/c1-4-12(5-2,18-3)10-15-11(16)13(14)6-8-17-9-7-13/h4-10,14H2,1-3H3,(H,15,16). The predicted octanol–water partition coefficient (Wildman–Crippen LogP) is 1.53. The maximum absolute atomic E-state index is 12.2. The Balaban J connectivity index is 2.54. The maximum Gasteiger partial charge on any atom is 0.240 e. The number of amides is 1. The third kappa shape index (κ3) is 3.62. The molecule has 5 heteroatoms. The highest BCUT2D eigenvalue weighted by molar-refractivity contribution is 8.00. The lowest BCUT2D eigenvalue weighted by Crippen LogP contribution is -2.58. The highest BCUT2D eigenvalue weighted by Gasteiger charge is 2.37. The average Bonchev–Trinajstić information content (AvgIpc) is 2.41. The number of hydrogen-bond acceptors (Lipinski definition) is 4. The molecule has 0 bridgehead atoms. The normalized spacial score (nSPS) is 19.6. The second-order valence-electron chi connectivity index (χ2n) is 5.05. The maximum atomic E-state index is 12.2. The topological polar surface area (TPSA) is 64.4 Å². The number of ether oxygens (including phenoxy) is 1. The van der Waals surface area contributed by atoms with Gasteiger partial charge in [0.15, 0.2) is 0 Å². The monoisotopic (exact) mass is 274 g/mol. The van der Waals surface area contributed by atoms with Crippen LogP contribution in [-0.4, -0.2) is 42.2 Å². The van der Waals surface area contributed by atoms with Crippen LogP contribution in [0.4, 0.5) is 0 Å². The van der Waals surface area contributed by atoms with Crippen LogP contribution < -0.4 is 11.1 Å². The van der Waals surface area contributed by atoms with Gasteiger partial charge in [-0.3, -0.25) is 4.79 Å². The van der Waals surface area contributed by atoms with E-state index in [1.54, 1.807) is 0 Å². The van der Waals surface area contributed by atoms with Gasteiger partial charge in [-0.1, -0.05) is 13.8 Å². The summed E-state index contributed by atoms with van der Waals surface area (Å²) < 4.78 is 5.40. The highest BCUT2D eigenvalue weighted by Crippen LogP contribution is 2.29. The first kappa shape index (κ1) is 15.8. The van der Waals surface area contributed by atoms with E-state index in [0.717, 1.165) is 12.8 Å². The minimum absolute atomic E-state index is 0.0221. The van der Waals surface area contributed by atoms with E-state index >= 15 is 0 Å².